The van der Waals surface area contributed by atoms with Gasteiger partial charge in [0.05, 0.1) is 5.60 Å². The van der Waals surface area contributed by atoms with Crippen LogP contribution in [-0.2, 0) is 4.74 Å². The van der Waals surface area contributed by atoms with Gasteiger partial charge < -0.3 is 15.8 Å². The van der Waals surface area contributed by atoms with Crippen LogP contribution in [0.1, 0.15) is 45.4 Å². The fourth-order valence-corrected chi connectivity index (χ4v) is 3.15. The lowest BCUT2D eigenvalue weighted by Gasteiger charge is -2.30. The molecule has 1 unspecified atom stereocenters. The topological polar surface area (TPSA) is 47.3 Å². The SMILES string of the molecule is CC1(CNCC2(CN)CCCC2)CCCO1. The summed E-state index contributed by atoms with van der Waals surface area (Å²) in [6.07, 6.45) is 7.71. The van der Waals surface area contributed by atoms with Crippen molar-refractivity contribution in [2.45, 2.75) is 51.0 Å². The Balaban J connectivity index is 1.74. The van der Waals surface area contributed by atoms with Crippen LogP contribution < -0.4 is 11.1 Å². The molecule has 94 valence electrons. The van der Waals surface area contributed by atoms with E-state index in [2.05, 4.69) is 12.2 Å². The summed E-state index contributed by atoms with van der Waals surface area (Å²) in [7, 11) is 0. The van der Waals surface area contributed by atoms with Gasteiger partial charge in [-0.05, 0) is 44.6 Å². The fourth-order valence-electron chi connectivity index (χ4n) is 3.15. The third-order valence-electron chi connectivity index (χ3n) is 4.40. The van der Waals surface area contributed by atoms with Gasteiger partial charge in [0.25, 0.3) is 0 Å². The molecule has 1 aliphatic carbocycles. The Morgan fingerprint density at radius 1 is 1.12 bits per heavy atom. The van der Waals surface area contributed by atoms with Crippen LogP contribution in [-0.4, -0.2) is 31.8 Å². The molecule has 2 fully saturated rings. The molecular formula is C13H26N2O. The van der Waals surface area contributed by atoms with Gasteiger partial charge in [-0.3, -0.25) is 0 Å². The minimum Gasteiger partial charge on any atom is -0.374 e. The summed E-state index contributed by atoms with van der Waals surface area (Å²) in [5.41, 5.74) is 6.39. The second kappa shape index (κ2) is 5.03. The molecule has 0 spiro atoms. The highest BCUT2D eigenvalue weighted by Crippen LogP contribution is 2.36. The van der Waals surface area contributed by atoms with Gasteiger partial charge in [-0.2, -0.15) is 0 Å². The van der Waals surface area contributed by atoms with Crippen LogP contribution in [0.25, 0.3) is 0 Å². The highest BCUT2D eigenvalue weighted by Gasteiger charge is 2.34. The molecule has 3 nitrogen and oxygen atoms in total. The van der Waals surface area contributed by atoms with Gasteiger partial charge in [0.15, 0.2) is 0 Å². The van der Waals surface area contributed by atoms with E-state index in [1.54, 1.807) is 0 Å². The molecule has 1 saturated carbocycles. The van der Waals surface area contributed by atoms with Crippen LogP contribution in [0.3, 0.4) is 0 Å². The van der Waals surface area contributed by atoms with Gasteiger partial charge in [-0.1, -0.05) is 12.8 Å². The molecule has 2 aliphatic rings. The third-order valence-corrected chi connectivity index (χ3v) is 4.40. The quantitative estimate of drug-likeness (QED) is 0.749. The van der Waals surface area contributed by atoms with E-state index in [-0.39, 0.29) is 5.60 Å². The van der Waals surface area contributed by atoms with E-state index in [1.165, 1.54) is 38.5 Å². The Labute approximate surface area is 99.1 Å². The normalized spacial score (nSPS) is 33.4. The molecule has 1 saturated heterocycles. The maximum absolute atomic E-state index is 5.92. The van der Waals surface area contributed by atoms with E-state index in [0.717, 1.165) is 26.2 Å². The second-order valence-electron chi connectivity index (χ2n) is 5.92. The lowest BCUT2D eigenvalue weighted by molar-refractivity contribution is 0.0189. The first kappa shape index (κ1) is 12.3. The summed E-state index contributed by atoms with van der Waals surface area (Å²) >= 11 is 0. The zero-order chi connectivity index (χ0) is 11.5. The molecule has 0 aromatic carbocycles. The minimum absolute atomic E-state index is 0.0778. The average Bonchev–Trinajstić information content (AvgIpc) is 2.89. The predicted octanol–water partition coefficient (Wildman–Crippen LogP) is 1.66. The van der Waals surface area contributed by atoms with E-state index in [4.69, 9.17) is 10.5 Å². The first-order valence-corrected chi connectivity index (χ1v) is 6.73. The minimum atomic E-state index is 0.0778. The molecular weight excluding hydrogens is 200 g/mol. The first-order valence-electron chi connectivity index (χ1n) is 6.73. The predicted molar refractivity (Wildman–Crippen MR) is 66.4 cm³/mol. The molecule has 2 rings (SSSR count). The molecule has 3 N–H and O–H groups in total. The molecule has 1 aliphatic heterocycles. The van der Waals surface area contributed by atoms with E-state index >= 15 is 0 Å². The molecule has 0 aromatic rings. The number of rotatable bonds is 5. The number of nitrogens with two attached hydrogens (primary N) is 1. The fraction of sp³-hybridized carbons (Fsp3) is 1.00. The second-order valence-corrected chi connectivity index (χ2v) is 5.92. The van der Waals surface area contributed by atoms with Gasteiger partial charge in [0.2, 0.25) is 0 Å². The standard InChI is InChI=1S/C13H26N2O/c1-12(5-4-8-16-12)10-15-11-13(9-14)6-2-3-7-13/h15H,2-11,14H2,1H3. The summed E-state index contributed by atoms with van der Waals surface area (Å²) in [5.74, 6) is 0. The van der Waals surface area contributed by atoms with Crippen molar-refractivity contribution in [3.8, 4) is 0 Å². The van der Waals surface area contributed by atoms with Crippen molar-refractivity contribution in [2.24, 2.45) is 11.1 Å². The summed E-state index contributed by atoms with van der Waals surface area (Å²) in [5, 5.41) is 3.60. The number of ether oxygens (including phenoxy) is 1. The Morgan fingerprint density at radius 2 is 1.88 bits per heavy atom. The Bertz CT molecular complexity index is 218. The average molecular weight is 226 g/mol. The monoisotopic (exact) mass is 226 g/mol. The van der Waals surface area contributed by atoms with Crippen molar-refractivity contribution in [3.05, 3.63) is 0 Å². The van der Waals surface area contributed by atoms with Gasteiger partial charge >= 0.3 is 0 Å². The highest BCUT2D eigenvalue weighted by molar-refractivity contribution is 4.89. The Morgan fingerprint density at radius 3 is 2.44 bits per heavy atom. The number of hydrogen-bond donors (Lipinski definition) is 2. The van der Waals surface area contributed by atoms with Gasteiger partial charge in [0.1, 0.15) is 0 Å². The van der Waals surface area contributed by atoms with Crippen LogP contribution in [0.15, 0.2) is 0 Å². The lowest BCUT2D eigenvalue weighted by Crippen LogP contribution is -2.44. The first-order chi connectivity index (χ1) is 7.68. The van der Waals surface area contributed by atoms with Gasteiger partial charge in [0, 0.05) is 19.7 Å². The van der Waals surface area contributed by atoms with Crippen LogP contribution in [0.2, 0.25) is 0 Å². The molecule has 1 atom stereocenters. The zero-order valence-corrected chi connectivity index (χ0v) is 10.6. The van der Waals surface area contributed by atoms with Gasteiger partial charge in [-0.15, -0.1) is 0 Å². The van der Waals surface area contributed by atoms with Crippen molar-refractivity contribution in [2.75, 3.05) is 26.2 Å². The maximum Gasteiger partial charge on any atom is 0.0779 e. The van der Waals surface area contributed by atoms with Crippen molar-refractivity contribution in [1.82, 2.24) is 5.32 Å². The smallest absolute Gasteiger partial charge is 0.0779 e. The zero-order valence-electron chi connectivity index (χ0n) is 10.6. The summed E-state index contributed by atoms with van der Waals surface area (Å²) in [6, 6.07) is 0. The molecule has 0 aromatic heterocycles. The Hall–Kier alpha value is -0.120. The lowest BCUT2D eigenvalue weighted by atomic mass is 9.86. The summed E-state index contributed by atoms with van der Waals surface area (Å²) in [4.78, 5) is 0. The molecule has 0 bridgehead atoms. The highest BCUT2D eigenvalue weighted by atomic mass is 16.5. The number of hydrogen-bond acceptors (Lipinski definition) is 3. The number of nitrogens with one attached hydrogen (secondary N) is 1. The largest absolute Gasteiger partial charge is 0.374 e. The molecule has 0 amide bonds. The van der Waals surface area contributed by atoms with Crippen molar-refractivity contribution in [1.29, 1.82) is 0 Å². The van der Waals surface area contributed by atoms with Crippen LogP contribution >= 0.6 is 0 Å². The van der Waals surface area contributed by atoms with E-state index in [9.17, 15) is 0 Å². The summed E-state index contributed by atoms with van der Waals surface area (Å²) < 4.78 is 5.78. The van der Waals surface area contributed by atoms with Crippen molar-refractivity contribution < 1.29 is 4.74 Å². The van der Waals surface area contributed by atoms with Gasteiger partial charge in [-0.25, -0.2) is 0 Å². The Kier molecular flexibility index (Phi) is 3.88. The summed E-state index contributed by atoms with van der Waals surface area (Å²) in [6.45, 7) is 6.03. The molecule has 16 heavy (non-hydrogen) atoms. The van der Waals surface area contributed by atoms with E-state index < -0.39 is 0 Å². The van der Waals surface area contributed by atoms with Crippen LogP contribution in [0.4, 0.5) is 0 Å². The molecule has 3 heteroatoms. The molecule has 0 radical (unpaired) electrons. The van der Waals surface area contributed by atoms with Crippen molar-refractivity contribution in [3.63, 3.8) is 0 Å². The van der Waals surface area contributed by atoms with Crippen molar-refractivity contribution >= 4 is 0 Å². The van der Waals surface area contributed by atoms with Crippen LogP contribution in [0, 0.1) is 5.41 Å². The third kappa shape index (κ3) is 2.76. The maximum atomic E-state index is 5.92. The molecule has 1 heterocycles. The van der Waals surface area contributed by atoms with E-state index in [1.807, 2.05) is 0 Å². The van der Waals surface area contributed by atoms with E-state index in [0.29, 0.717) is 5.41 Å². The van der Waals surface area contributed by atoms with Crippen LogP contribution in [0.5, 0.6) is 0 Å².